The minimum Gasteiger partial charge on any atom is -0.342 e. The molecule has 0 aromatic heterocycles. The van der Waals surface area contributed by atoms with Gasteiger partial charge in [-0.2, -0.15) is 0 Å². The number of nitrogens with zero attached hydrogens (tertiary/aromatic N) is 2. The van der Waals surface area contributed by atoms with E-state index in [2.05, 4.69) is 0 Å². The van der Waals surface area contributed by atoms with Crippen molar-refractivity contribution < 1.29 is 9.59 Å². The molecular formula is C10H17N3O2. The fourth-order valence-electron chi connectivity index (χ4n) is 2.17. The van der Waals surface area contributed by atoms with Crippen LogP contribution >= 0.6 is 0 Å². The van der Waals surface area contributed by atoms with Gasteiger partial charge in [0, 0.05) is 38.1 Å². The Labute approximate surface area is 89.2 Å². The summed E-state index contributed by atoms with van der Waals surface area (Å²) in [5.41, 5.74) is 5.65. The third-order valence-corrected chi connectivity index (χ3v) is 3.30. The summed E-state index contributed by atoms with van der Waals surface area (Å²) in [4.78, 5) is 25.9. The smallest absolute Gasteiger partial charge is 0.225 e. The Morgan fingerprint density at radius 2 is 1.80 bits per heavy atom. The summed E-state index contributed by atoms with van der Waals surface area (Å²) in [7, 11) is 0. The van der Waals surface area contributed by atoms with Crippen LogP contribution in [0.4, 0.5) is 0 Å². The lowest BCUT2D eigenvalue weighted by Gasteiger charge is -2.39. The molecule has 0 spiro atoms. The van der Waals surface area contributed by atoms with E-state index >= 15 is 0 Å². The van der Waals surface area contributed by atoms with Gasteiger partial charge in [-0.3, -0.25) is 9.59 Å². The Hall–Kier alpha value is -1.10. The first-order valence-corrected chi connectivity index (χ1v) is 5.44. The monoisotopic (exact) mass is 211 g/mol. The van der Waals surface area contributed by atoms with Gasteiger partial charge in [0.1, 0.15) is 0 Å². The van der Waals surface area contributed by atoms with Crippen LogP contribution in [-0.2, 0) is 9.59 Å². The van der Waals surface area contributed by atoms with Crippen molar-refractivity contribution in [2.75, 3.05) is 26.2 Å². The molecular weight excluding hydrogens is 194 g/mol. The van der Waals surface area contributed by atoms with Crippen molar-refractivity contribution in [2.24, 2.45) is 11.7 Å². The molecule has 0 aromatic rings. The number of nitrogens with two attached hydrogens (primary N) is 1. The molecule has 0 atom stereocenters. The summed E-state index contributed by atoms with van der Waals surface area (Å²) in [6, 6.07) is 0.218. The highest BCUT2D eigenvalue weighted by Crippen LogP contribution is 2.27. The van der Waals surface area contributed by atoms with E-state index in [-0.39, 0.29) is 17.9 Å². The molecule has 2 rings (SSSR count). The van der Waals surface area contributed by atoms with E-state index in [4.69, 9.17) is 5.73 Å². The minimum atomic E-state index is 0.141. The molecule has 1 saturated carbocycles. The summed E-state index contributed by atoms with van der Waals surface area (Å²) < 4.78 is 0. The molecule has 2 amide bonds. The molecule has 0 unspecified atom stereocenters. The van der Waals surface area contributed by atoms with Gasteiger partial charge in [0.05, 0.1) is 0 Å². The van der Waals surface area contributed by atoms with Crippen molar-refractivity contribution in [3.05, 3.63) is 0 Å². The van der Waals surface area contributed by atoms with Gasteiger partial charge in [0.25, 0.3) is 0 Å². The highest BCUT2D eigenvalue weighted by molar-refractivity contribution is 5.80. The molecule has 2 N–H and O–H groups in total. The number of hydrogen-bond acceptors (Lipinski definition) is 3. The number of piperazine rings is 1. The van der Waals surface area contributed by atoms with E-state index in [1.807, 2.05) is 4.90 Å². The first-order chi connectivity index (χ1) is 7.20. The van der Waals surface area contributed by atoms with Crippen LogP contribution in [0.3, 0.4) is 0 Å². The molecule has 0 aromatic carbocycles. The third kappa shape index (κ3) is 2.12. The molecule has 1 heterocycles. The molecule has 2 fully saturated rings. The van der Waals surface area contributed by atoms with Crippen LogP contribution in [0.2, 0.25) is 0 Å². The third-order valence-electron chi connectivity index (χ3n) is 3.30. The van der Waals surface area contributed by atoms with Crippen LogP contribution in [0, 0.1) is 5.92 Å². The van der Waals surface area contributed by atoms with Gasteiger partial charge >= 0.3 is 0 Å². The first kappa shape index (κ1) is 10.4. The number of amides is 2. The van der Waals surface area contributed by atoms with Crippen molar-refractivity contribution in [3.8, 4) is 0 Å². The van der Waals surface area contributed by atoms with E-state index < -0.39 is 0 Å². The molecule has 5 heteroatoms. The zero-order chi connectivity index (χ0) is 10.8. The number of hydrogen-bond donors (Lipinski definition) is 1. The van der Waals surface area contributed by atoms with Crippen LogP contribution in [0.15, 0.2) is 0 Å². The molecule has 5 nitrogen and oxygen atoms in total. The second kappa shape index (κ2) is 4.18. The largest absolute Gasteiger partial charge is 0.342 e. The maximum atomic E-state index is 11.9. The lowest BCUT2D eigenvalue weighted by atomic mass is 9.80. The SMILES string of the molecule is NC1CC(C(=O)N2CCN(C=O)CC2)C1. The van der Waals surface area contributed by atoms with E-state index in [1.54, 1.807) is 4.90 Å². The molecule has 1 aliphatic heterocycles. The van der Waals surface area contributed by atoms with Crippen molar-refractivity contribution in [1.29, 1.82) is 0 Å². The maximum absolute atomic E-state index is 11.9. The molecule has 84 valence electrons. The highest BCUT2D eigenvalue weighted by Gasteiger charge is 2.35. The number of rotatable bonds is 2. The molecule has 15 heavy (non-hydrogen) atoms. The Morgan fingerprint density at radius 1 is 1.20 bits per heavy atom. The zero-order valence-corrected chi connectivity index (χ0v) is 8.76. The van der Waals surface area contributed by atoms with Gasteiger partial charge in [0.15, 0.2) is 0 Å². The van der Waals surface area contributed by atoms with E-state index in [1.165, 1.54) is 0 Å². The zero-order valence-electron chi connectivity index (χ0n) is 8.76. The maximum Gasteiger partial charge on any atom is 0.225 e. The van der Waals surface area contributed by atoms with Gasteiger partial charge in [0.2, 0.25) is 12.3 Å². The average Bonchev–Trinajstić information content (AvgIpc) is 2.24. The van der Waals surface area contributed by atoms with Crippen LogP contribution < -0.4 is 5.73 Å². The Balaban J connectivity index is 1.80. The standard InChI is InChI=1S/C10H17N3O2/c11-9-5-8(6-9)10(15)13-3-1-12(7-14)2-4-13/h7-9H,1-6,11H2. The van der Waals surface area contributed by atoms with Crippen molar-refractivity contribution in [1.82, 2.24) is 9.80 Å². The van der Waals surface area contributed by atoms with Crippen LogP contribution in [0.25, 0.3) is 0 Å². The molecule has 2 aliphatic rings. The Kier molecular flexibility index (Phi) is 2.90. The van der Waals surface area contributed by atoms with E-state index in [0.717, 1.165) is 19.3 Å². The highest BCUT2D eigenvalue weighted by atomic mass is 16.2. The second-order valence-electron chi connectivity index (χ2n) is 4.40. The minimum absolute atomic E-state index is 0.141. The van der Waals surface area contributed by atoms with Gasteiger partial charge in [-0.15, -0.1) is 0 Å². The molecule has 1 saturated heterocycles. The molecule has 0 bridgehead atoms. The number of carbonyl (C=O) groups is 2. The molecule has 0 radical (unpaired) electrons. The van der Waals surface area contributed by atoms with Crippen LogP contribution in [0.5, 0.6) is 0 Å². The normalized spacial score (nSPS) is 31.0. The van der Waals surface area contributed by atoms with Gasteiger partial charge in [-0.25, -0.2) is 0 Å². The van der Waals surface area contributed by atoms with Gasteiger partial charge in [-0.05, 0) is 12.8 Å². The van der Waals surface area contributed by atoms with Gasteiger partial charge in [-0.1, -0.05) is 0 Å². The Bertz CT molecular complexity index is 255. The second-order valence-corrected chi connectivity index (χ2v) is 4.40. The lowest BCUT2D eigenvalue weighted by molar-refractivity contribution is -0.141. The fraction of sp³-hybridized carbons (Fsp3) is 0.800. The summed E-state index contributed by atoms with van der Waals surface area (Å²) in [6.45, 7) is 2.66. The fourth-order valence-corrected chi connectivity index (χ4v) is 2.17. The average molecular weight is 211 g/mol. The topological polar surface area (TPSA) is 66.6 Å². The van der Waals surface area contributed by atoms with Crippen molar-refractivity contribution in [3.63, 3.8) is 0 Å². The summed E-state index contributed by atoms with van der Waals surface area (Å²) in [6.07, 6.45) is 2.50. The summed E-state index contributed by atoms with van der Waals surface area (Å²) in [5.74, 6) is 0.366. The van der Waals surface area contributed by atoms with Crippen LogP contribution in [-0.4, -0.2) is 54.3 Å². The van der Waals surface area contributed by atoms with Crippen LogP contribution in [0.1, 0.15) is 12.8 Å². The molecule has 1 aliphatic carbocycles. The van der Waals surface area contributed by atoms with Crippen molar-refractivity contribution >= 4 is 12.3 Å². The first-order valence-electron chi connectivity index (χ1n) is 5.44. The predicted molar refractivity (Wildman–Crippen MR) is 54.9 cm³/mol. The quantitative estimate of drug-likeness (QED) is 0.597. The summed E-state index contributed by atoms with van der Waals surface area (Å²) >= 11 is 0. The number of carbonyl (C=O) groups excluding carboxylic acids is 2. The summed E-state index contributed by atoms with van der Waals surface area (Å²) in [5, 5.41) is 0. The van der Waals surface area contributed by atoms with Gasteiger partial charge < -0.3 is 15.5 Å². The predicted octanol–water partition coefficient (Wildman–Crippen LogP) is -0.976. The van der Waals surface area contributed by atoms with E-state index in [9.17, 15) is 9.59 Å². The lowest BCUT2D eigenvalue weighted by Crippen LogP contribution is -2.53. The van der Waals surface area contributed by atoms with E-state index in [0.29, 0.717) is 26.2 Å². The van der Waals surface area contributed by atoms with Crippen molar-refractivity contribution in [2.45, 2.75) is 18.9 Å². The Morgan fingerprint density at radius 3 is 2.27 bits per heavy atom.